The van der Waals surface area contributed by atoms with E-state index in [2.05, 4.69) is 25.9 Å². The molecule has 5 amide bonds. The summed E-state index contributed by atoms with van der Waals surface area (Å²) in [6.07, 6.45) is 1.23. The Balaban J connectivity index is 2.95. The van der Waals surface area contributed by atoms with Crippen LogP contribution in [0.25, 0.3) is 0 Å². The number of nitrogens with zero attached hydrogens (tertiary/aromatic N) is 1. The molecule has 0 radical (unpaired) electrons. The van der Waals surface area contributed by atoms with Crippen molar-refractivity contribution >= 4 is 35.5 Å². The third-order valence-electron chi connectivity index (χ3n) is 3.87. The molecule has 0 aliphatic rings. The summed E-state index contributed by atoms with van der Waals surface area (Å²) in [7, 11) is 0. The minimum absolute atomic E-state index is 0.158. The Labute approximate surface area is 175 Å². The number of H-pyrrole nitrogens is 1. The van der Waals surface area contributed by atoms with E-state index in [0.29, 0.717) is 5.69 Å². The first-order valence-electron chi connectivity index (χ1n) is 8.90. The molecule has 0 saturated carbocycles. The van der Waals surface area contributed by atoms with Gasteiger partial charge in [-0.3, -0.25) is 24.0 Å². The molecule has 3 atom stereocenters. The summed E-state index contributed by atoms with van der Waals surface area (Å²) in [4.78, 5) is 76.9. The Morgan fingerprint density at radius 1 is 0.935 bits per heavy atom. The zero-order chi connectivity index (χ0) is 23.6. The van der Waals surface area contributed by atoms with E-state index in [1.807, 2.05) is 0 Å². The van der Waals surface area contributed by atoms with Crippen molar-refractivity contribution in [2.24, 2.45) is 17.2 Å². The van der Waals surface area contributed by atoms with Crippen LogP contribution in [0.5, 0.6) is 0 Å². The number of carboxylic acids is 1. The summed E-state index contributed by atoms with van der Waals surface area (Å²) in [5.74, 6) is -6.11. The Morgan fingerprint density at radius 2 is 1.45 bits per heavy atom. The largest absolute Gasteiger partial charge is 0.480 e. The average Bonchev–Trinajstić information content (AvgIpc) is 3.18. The van der Waals surface area contributed by atoms with Crippen LogP contribution in [0, 0.1) is 0 Å². The van der Waals surface area contributed by atoms with Gasteiger partial charge < -0.3 is 43.2 Å². The Hall–Kier alpha value is -4.01. The van der Waals surface area contributed by atoms with E-state index >= 15 is 0 Å². The predicted octanol–water partition coefficient (Wildman–Crippen LogP) is -4.80. The number of hydrogen-bond donors (Lipinski definition) is 8. The molecule has 0 fully saturated rings. The van der Waals surface area contributed by atoms with E-state index < -0.39 is 73.0 Å². The number of nitrogens with two attached hydrogens (primary N) is 3. The maximum Gasteiger partial charge on any atom is 0.326 e. The standard InChI is InChI=1S/C16H24N8O7/c17-4-13(27)22-8(2-11(18)25)14(28)23-9(3-12(19)26)15(29)24-10(16(30)31)1-7-5-20-6-21-7/h5-6,8-10H,1-4,17H2,(H2,18,25)(H2,19,26)(H,20,21)(H,22,27)(H,23,28)(H,24,29)(H,30,31). The van der Waals surface area contributed by atoms with Crippen molar-refractivity contribution in [1.29, 1.82) is 0 Å². The van der Waals surface area contributed by atoms with Crippen LogP contribution in [0.1, 0.15) is 18.5 Å². The van der Waals surface area contributed by atoms with Crippen LogP contribution in [0.4, 0.5) is 0 Å². The number of aromatic nitrogens is 2. The molecule has 31 heavy (non-hydrogen) atoms. The van der Waals surface area contributed by atoms with Gasteiger partial charge in [-0.1, -0.05) is 0 Å². The van der Waals surface area contributed by atoms with Crippen LogP contribution >= 0.6 is 0 Å². The van der Waals surface area contributed by atoms with Gasteiger partial charge in [-0.25, -0.2) is 9.78 Å². The lowest BCUT2D eigenvalue weighted by atomic mass is 10.1. The van der Waals surface area contributed by atoms with Gasteiger partial charge in [0, 0.05) is 18.3 Å². The van der Waals surface area contributed by atoms with E-state index in [4.69, 9.17) is 17.2 Å². The highest BCUT2D eigenvalue weighted by Crippen LogP contribution is 2.02. The molecule has 0 aliphatic carbocycles. The average molecular weight is 440 g/mol. The fourth-order valence-electron chi connectivity index (χ4n) is 2.44. The van der Waals surface area contributed by atoms with Crippen molar-refractivity contribution in [3.05, 3.63) is 18.2 Å². The summed E-state index contributed by atoms with van der Waals surface area (Å²) in [6, 6.07) is -4.48. The second-order valence-electron chi connectivity index (χ2n) is 6.41. The number of imidazole rings is 1. The van der Waals surface area contributed by atoms with Crippen LogP contribution < -0.4 is 33.2 Å². The summed E-state index contributed by atoms with van der Waals surface area (Å²) in [6.45, 7) is -0.484. The number of carbonyl (C=O) groups excluding carboxylic acids is 5. The molecule has 1 heterocycles. The first-order chi connectivity index (χ1) is 14.5. The number of carboxylic acid groups (broad SMARTS) is 1. The molecule has 0 spiro atoms. The van der Waals surface area contributed by atoms with Gasteiger partial charge in [0.2, 0.25) is 29.5 Å². The Morgan fingerprint density at radius 3 is 1.87 bits per heavy atom. The maximum absolute atomic E-state index is 12.6. The Kier molecular flexibility index (Phi) is 9.58. The lowest BCUT2D eigenvalue weighted by Crippen LogP contribution is -2.57. The van der Waals surface area contributed by atoms with Gasteiger partial charge in [-0.15, -0.1) is 0 Å². The number of primary amides is 2. The van der Waals surface area contributed by atoms with Crippen LogP contribution in [0.3, 0.4) is 0 Å². The van der Waals surface area contributed by atoms with Gasteiger partial charge in [-0.05, 0) is 0 Å². The van der Waals surface area contributed by atoms with Crippen molar-refractivity contribution in [3.63, 3.8) is 0 Å². The number of amides is 5. The first kappa shape index (κ1) is 25.0. The van der Waals surface area contributed by atoms with E-state index in [-0.39, 0.29) is 6.42 Å². The molecular formula is C16H24N8O7. The molecule has 1 aromatic rings. The van der Waals surface area contributed by atoms with Gasteiger partial charge >= 0.3 is 5.97 Å². The predicted molar refractivity (Wildman–Crippen MR) is 102 cm³/mol. The minimum Gasteiger partial charge on any atom is -0.480 e. The number of aromatic amines is 1. The van der Waals surface area contributed by atoms with Crippen molar-refractivity contribution in [2.45, 2.75) is 37.4 Å². The molecule has 15 nitrogen and oxygen atoms in total. The number of aliphatic carboxylic acids is 1. The third kappa shape index (κ3) is 8.90. The summed E-state index contributed by atoms with van der Waals surface area (Å²) in [5.41, 5.74) is 15.7. The van der Waals surface area contributed by atoms with Gasteiger partial charge in [0.15, 0.2) is 0 Å². The normalized spacial score (nSPS) is 13.3. The third-order valence-corrected chi connectivity index (χ3v) is 3.87. The zero-order valence-corrected chi connectivity index (χ0v) is 16.3. The van der Waals surface area contributed by atoms with E-state index in [0.717, 1.165) is 0 Å². The number of rotatable bonds is 13. The van der Waals surface area contributed by atoms with Crippen molar-refractivity contribution in [2.75, 3.05) is 6.54 Å². The van der Waals surface area contributed by atoms with Gasteiger partial charge in [-0.2, -0.15) is 0 Å². The minimum atomic E-state index is -1.58. The van der Waals surface area contributed by atoms with Crippen molar-refractivity contribution in [1.82, 2.24) is 25.9 Å². The number of carbonyl (C=O) groups is 6. The molecule has 170 valence electrons. The second-order valence-corrected chi connectivity index (χ2v) is 6.41. The van der Waals surface area contributed by atoms with Crippen molar-refractivity contribution in [3.8, 4) is 0 Å². The summed E-state index contributed by atoms with van der Waals surface area (Å²) in [5, 5.41) is 15.8. The lowest BCUT2D eigenvalue weighted by molar-refractivity contribution is -0.142. The smallest absolute Gasteiger partial charge is 0.326 e. The molecule has 0 saturated heterocycles. The number of nitrogens with one attached hydrogen (secondary N) is 4. The molecule has 3 unspecified atom stereocenters. The highest BCUT2D eigenvalue weighted by molar-refractivity contribution is 5.97. The van der Waals surface area contributed by atoms with Crippen molar-refractivity contribution < 1.29 is 33.9 Å². The van der Waals surface area contributed by atoms with E-state index in [9.17, 15) is 33.9 Å². The van der Waals surface area contributed by atoms with Gasteiger partial charge in [0.1, 0.15) is 18.1 Å². The molecule has 0 bridgehead atoms. The highest BCUT2D eigenvalue weighted by atomic mass is 16.4. The molecule has 0 aliphatic heterocycles. The van der Waals surface area contributed by atoms with Gasteiger partial charge in [0.25, 0.3) is 0 Å². The van der Waals surface area contributed by atoms with Crippen LogP contribution in [0.2, 0.25) is 0 Å². The molecule has 1 aromatic heterocycles. The molecule has 0 aromatic carbocycles. The molecule has 1 rings (SSSR count). The first-order valence-corrected chi connectivity index (χ1v) is 8.90. The fraction of sp³-hybridized carbons (Fsp3) is 0.438. The zero-order valence-electron chi connectivity index (χ0n) is 16.3. The molecule has 15 heteroatoms. The Bertz CT molecular complexity index is 826. The fourth-order valence-corrected chi connectivity index (χ4v) is 2.44. The summed E-state index contributed by atoms with van der Waals surface area (Å²) >= 11 is 0. The van der Waals surface area contributed by atoms with Crippen LogP contribution in [0.15, 0.2) is 12.5 Å². The monoisotopic (exact) mass is 440 g/mol. The molecular weight excluding hydrogens is 416 g/mol. The second kappa shape index (κ2) is 11.9. The summed E-state index contributed by atoms with van der Waals surface area (Å²) < 4.78 is 0. The van der Waals surface area contributed by atoms with Crippen LogP contribution in [-0.4, -0.2) is 75.2 Å². The highest BCUT2D eigenvalue weighted by Gasteiger charge is 2.31. The van der Waals surface area contributed by atoms with E-state index in [1.54, 1.807) is 0 Å². The van der Waals surface area contributed by atoms with Crippen LogP contribution in [-0.2, 0) is 35.2 Å². The van der Waals surface area contributed by atoms with Gasteiger partial charge in [0.05, 0.1) is 25.7 Å². The SMILES string of the molecule is NCC(=O)NC(CC(N)=O)C(=O)NC(CC(N)=O)C(=O)NC(Cc1cnc[nH]1)C(=O)O. The van der Waals surface area contributed by atoms with E-state index in [1.165, 1.54) is 12.5 Å². The quantitative estimate of drug-likeness (QED) is 0.146. The topological polar surface area (TPSA) is 265 Å². The maximum atomic E-state index is 12.6. The molecule has 11 N–H and O–H groups in total. The number of hydrogen-bond acceptors (Lipinski definition) is 8. The lowest BCUT2D eigenvalue weighted by Gasteiger charge is -2.23.